The van der Waals surface area contributed by atoms with Gasteiger partial charge >= 0.3 is 12.1 Å². The zero-order valence-electron chi connectivity index (χ0n) is 13.6. The summed E-state index contributed by atoms with van der Waals surface area (Å²) in [6.07, 6.45) is 1.55. The molecule has 1 aromatic carbocycles. The number of para-hydroxylation sites is 1. The summed E-state index contributed by atoms with van der Waals surface area (Å²) in [7, 11) is 1.30. The van der Waals surface area contributed by atoms with Crippen molar-refractivity contribution in [1.29, 1.82) is 0 Å². The number of nitrogens with one attached hydrogen (secondary N) is 2. The van der Waals surface area contributed by atoms with Crippen LogP contribution in [0.4, 0.5) is 4.79 Å². The van der Waals surface area contributed by atoms with Crippen LogP contribution < -0.4 is 5.32 Å². The maximum absolute atomic E-state index is 11.9. The standard InChI is InChI=1S/C17H22N2O4/c1-11(2)10-23-17(21)19-15(16(20)22-3)8-12-9-18-14-7-5-4-6-13(12)14/h4-7,9,11,15,18H,8,10H2,1-3H3,(H,19,21)/t15-/m1/s1. The second-order valence-corrected chi connectivity index (χ2v) is 5.78. The molecule has 6 heteroatoms. The minimum absolute atomic E-state index is 0.228. The highest BCUT2D eigenvalue weighted by atomic mass is 16.6. The first-order valence-electron chi connectivity index (χ1n) is 7.57. The van der Waals surface area contributed by atoms with E-state index < -0.39 is 18.1 Å². The Morgan fingerprint density at radius 1 is 1.26 bits per heavy atom. The number of fused-ring (bicyclic) bond motifs is 1. The van der Waals surface area contributed by atoms with E-state index in [9.17, 15) is 9.59 Å². The second kappa shape index (κ2) is 7.67. The van der Waals surface area contributed by atoms with Gasteiger partial charge in [-0.2, -0.15) is 0 Å². The van der Waals surface area contributed by atoms with Crippen molar-refractivity contribution >= 4 is 23.0 Å². The van der Waals surface area contributed by atoms with Gasteiger partial charge in [-0.05, 0) is 17.5 Å². The number of hydrogen-bond donors (Lipinski definition) is 2. The van der Waals surface area contributed by atoms with E-state index in [1.54, 1.807) is 0 Å². The van der Waals surface area contributed by atoms with Crippen molar-refractivity contribution in [2.75, 3.05) is 13.7 Å². The van der Waals surface area contributed by atoms with E-state index in [1.165, 1.54) is 7.11 Å². The molecule has 0 unspecified atom stereocenters. The lowest BCUT2D eigenvalue weighted by molar-refractivity contribution is -0.142. The van der Waals surface area contributed by atoms with Gasteiger partial charge in [-0.25, -0.2) is 9.59 Å². The van der Waals surface area contributed by atoms with E-state index in [2.05, 4.69) is 10.3 Å². The van der Waals surface area contributed by atoms with Gasteiger partial charge in [0, 0.05) is 23.5 Å². The summed E-state index contributed by atoms with van der Waals surface area (Å²) in [6, 6.07) is 6.99. The quantitative estimate of drug-likeness (QED) is 0.802. The number of carbonyl (C=O) groups excluding carboxylic acids is 2. The summed E-state index contributed by atoms with van der Waals surface area (Å²) in [5.74, 6) is -0.275. The molecule has 1 atom stereocenters. The molecular formula is C17H22N2O4. The summed E-state index contributed by atoms with van der Waals surface area (Å²) in [5, 5.41) is 3.59. The van der Waals surface area contributed by atoms with Crippen molar-refractivity contribution in [2.24, 2.45) is 5.92 Å². The predicted octanol–water partition coefficient (Wildman–Crippen LogP) is 2.63. The van der Waals surface area contributed by atoms with E-state index in [1.807, 2.05) is 44.3 Å². The Bertz CT molecular complexity index is 678. The number of esters is 1. The van der Waals surface area contributed by atoms with Crippen molar-refractivity contribution in [1.82, 2.24) is 10.3 Å². The fraction of sp³-hybridized carbons (Fsp3) is 0.412. The van der Waals surface area contributed by atoms with Crippen molar-refractivity contribution in [3.63, 3.8) is 0 Å². The Kier molecular flexibility index (Phi) is 5.62. The lowest BCUT2D eigenvalue weighted by atomic mass is 10.1. The van der Waals surface area contributed by atoms with Crippen LogP contribution in [0, 0.1) is 5.92 Å². The smallest absolute Gasteiger partial charge is 0.407 e. The molecule has 1 heterocycles. The number of amides is 1. The highest BCUT2D eigenvalue weighted by Gasteiger charge is 2.24. The minimum atomic E-state index is -0.793. The number of methoxy groups -OCH3 is 1. The first kappa shape index (κ1) is 16.9. The summed E-state index contributed by atoms with van der Waals surface area (Å²) < 4.78 is 9.85. The predicted molar refractivity (Wildman–Crippen MR) is 87.1 cm³/mol. The Morgan fingerprint density at radius 2 is 2.00 bits per heavy atom. The van der Waals surface area contributed by atoms with Crippen LogP contribution in [0.2, 0.25) is 0 Å². The molecule has 6 nitrogen and oxygen atoms in total. The van der Waals surface area contributed by atoms with E-state index in [4.69, 9.17) is 9.47 Å². The summed E-state index contributed by atoms with van der Waals surface area (Å²) in [5.41, 5.74) is 1.91. The fourth-order valence-electron chi connectivity index (χ4n) is 2.28. The van der Waals surface area contributed by atoms with Gasteiger partial charge in [0.05, 0.1) is 13.7 Å². The third-order valence-corrected chi connectivity index (χ3v) is 3.42. The fourth-order valence-corrected chi connectivity index (χ4v) is 2.28. The van der Waals surface area contributed by atoms with Gasteiger partial charge in [0.2, 0.25) is 0 Å². The third kappa shape index (κ3) is 4.48. The number of ether oxygens (including phenoxy) is 2. The number of benzene rings is 1. The number of alkyl carbamates (subject to hydrolysis) is 1. The van der Waals surface area contributed by atoms with E-state index in [0.29, 0.717) is 13.0 Å². The van der Waals surface area contributed by atoms with Crippen LogP contribution >= 0.6 is 0 Å². The number of hydrogen-bond acceptors (Lipinski definition) is 4. The number of H-pyrrole nitrogens is 1. The maximum Gasteiger partial charge on any atom is 0.407 e. The van der Waals surface area contributed by atoms with Crippen molar-refractivity contribution < 1.29 is 19.1 Å². The van der Waals surface area contributed by atoms with E-state index in [0.717, 1.165) is 16.5 Å². The van der Waals surface area contributed by atoms with E-state index >= 15 is 0 Å². The molecule has 0 aliphatic rings. The zero-order valence-corrected chi connectivity index (χ0v) is 13.6. The highest BCUT2D eigenvalue weighted by Crippen LogP contribution is 2.19. The van der Waals surface area contributed by atoms with Crippen LogP contribution in [-0.4, -0.2) is 36.8 Å². The molecule has 0 aliphatic heterocycles. The molecule has 0 fully saturated rings. The summed E-state index contributed by atoms with van der Waals surface area (Å²) in [6.45, 7) is 4.18. The first-order chi connectivity index (χ1) is 11.0. The number of aromatic amines is 1. The Labute approximate surface area is 135 Å². The summed E-state index contributed by atoms with van der Waals surface area (Å²) >= 11 is 0. The molecule has 2 N–H and O–H groups in total. The molecule has 23 heavy (non-hydrogen) atoms. The van der Waals surface area contributed by atoms with Crippen LogP contribution in [0.3, 0.4) is 0 Å². The molecule has 124 valence electrons. The molecule has 0 spiro atoms. The second-order valence-electron chi connectivity index (χ2n) is 5.78. The SMILES string of the molecule is COC(=O)[C@@H](Cc1c[nH]c2ccccc12)NC(=O)OCC(C)C. The van der Waals surface area contributed by atoms with Crippen molar-refractivity contribution in [3.05, 3.63) is 36.0 Å². The molecule has 0 saturated carbocycles. The molecule has 2 rings (SSSR count). The topological polar surface area (TPSA) is 80.4 Å². The van der Waals surface area contributed by atoms with Crippen LogP contribution in [0.5, 0.6) is 0 Å². The van der Waals surface area contributed by atoms with E-state index in [-0.39, 0.29) is 5.92 Å². The molecule has 1 amide bonds. The average molecular weight is 318 g/mol. The zero-order chi connectivity index (χ0) is 16.8. The molecule has 1 aromatic heterocycles. The third-order valence-electron chi connectivity index (χ3n) is 3.42. The van der Waals surface area contributed by atoms with Crippen LogP contribution in [0.15, 0.2) is 30.5 Å². The van der Waals surface area contributed by atoms with Gasteiger partial charge in [0.1, 0.15) is 6.04 Å². The average Bonchev–Trinajstić information content (AvgIpc) is 2.95. The normalized spacial score (nSPS) is 12.2. The van der Waals surface area contributed by atoms with Crippen molar-refractivity contribution in [2.45, 2.75) is 26.3 Å². The minimum Gasteiger partial charge on any atom is -0.467 e. The molecular weight excluding hydrogens is 296 g/mol. The Morgan fingerprint density at radius 3 is 2.70 bits per heavy atom. The lowest BCUT2D eigenvalue weighted by Crippen LogP contribution is -2.43. The van der Waals surface area contributed by atoms with Gasteiger partial charge in [0.15, 0.2) is 0 Å². The van der Waals surface area contributed by atoms with Gasteiger partial charge in [-0.3, -0.25) is 0 Å². The monoisotopic (exact) mass is 318 g/mol. The number of aromatic nitrogens is 1. The summed E-state index contributed by atoms with van der Waals surface area (Å²) in [4.78, 5) is 26.9. The highest BCUT2D eigenvalue weighted by molar-refractivity contribution is 5.86. The molecule has 0 radical (unpaired) electrons. The van der Waals surface area contributed by atoms with Crippen LogP contribution in [-0.2, 0) is 20.7 Å². The lowest BCUT2D eigenvalue weighted by Gasteiger charge is -2.16. The first-order valence-corrected chi connectivity index (χ1v) is 7.57. The Balaban J connectivity index is 2.09. The number of carbonyl (C=O) groups is 2. The van der Waals surface area contributed by atoms with Gasteiger partial charge < -0.3 is 19.8 Å². The Hall–Kier alpha value is -2.50. The van der Waals surface area contributed by atoms with Crippen LogP contribution in [0.1, 0.15) is 19.4 Å². The van der Waals surface area contributed by atoms with Gasteiger partial charge in [-0.15, -0.1) is 0 Å². The number of rotatable bonds is 6. The van der Waals surface area contributed by atoms with Gasteiger partial charge in [0.25, 0.3) is 0 Å². The van der Waals surface area contributed by atoms with Crippen LogP contribution in [0.25, 0.3) is 10.9 Å². The van der Waals surface area contributed by atoms with Gasteiger partial charge in [-0.1, -0.05) is 32.0 Å². The maximum atomic E-state index is 11.9. The molecule has 0 bridgehead atoms. The molecule has 0 aliphatic carbocycles. The molecule has 0 saturated heterocycles. The largest absolute Gasteiger partial charge is 0.467 e. The molecule has 2 aromatic rings. The van der Waals surface area contributed by atoms with Crippen molar-refractivity contribution in [3.8, 4) is 0 Å².